The van der Waals surface area contributed by atoms with Crippen LogP contribution in [-0.4, -0.2) is 7.05 Å². The van der Waals surface area contributed by atoms with Crippen molar-refractivity contribution >= 4 is 15.9 Å². The fourth-order valence-electron chi connectivity index (χ4n) is 2.05. The molecule has 0 heterocycles. The molecule has 0 aliphatic carbocycles. The molecule has 0 bridgehead atoms. The summed E-state index contributed by atoms with van der Waals surface area (Å²) in [5.41, 5.74) is -0.376. The fraction of sp³-hybridized carbons (Fsp3) is 0.143. The van der Waals surface area contributed by atoms with Crippen molar-refractivity contribution in [2.45, 2.75) is 6.04 Å². The Balaban J connectivity index is 2.65. The van der Waals surface area contributed by atoms with Gasteiger partial charge in [0.2, 0.25) is 0 Å². The predicted molar refractivity (Wildman–Crippen MR) is 71.3 cm³/mol. The first-order chi connectivity index (χ1) is 9.45. The average Bonchev–Trinajstić information content (AvgIpc) is 2.35. The summed E-state index contributed by atoms with van der Waals surface area (Å²) in [7, 11) is 1.44. The molecule has 0 amide bonds. The summed E-state index contributed by atoms with van der Waals surface area (Å²) in [4.78, 5) is 0. The minimum Gasteiger partial charge on any atom is -0.309 e. The molecule has 1 atom stereocenters. The van der Waals surface area contributed by atoms with E-state index >= 15 is 0 Å². The monoisotopic (exact) mass is 347 g/mol. The van der Waals surface area contributed by atoms with Crippen LogP contribution in [0.5, 0.6) is 0 Å². The van der Waals surface area contributed by atoms with Gasteiger partial charge in [0.05, 0.1) is 6.04 Å². The van der Waals surface area contributed by atoms with Crippen LogP contribution in [-0.2, 0) is 0 Å². The molecule has 2 aromatic rings. The predicted octanol–water partition coefficient (Wildman–Crippen LogP) is 4.31. The molecule has 1 N–H and O–H groups in total. The van der Waals surface area contributed by atoms with Gasteiger partial charge < -0.3 is 5.32 Å². The van der Waals surface area contributed by atoms with Crippen molar-refractivity contribution in [3.63, 3.8) is 0 Å². The molecular weight excluding hydrogens is 338 g/mol. The van der Waals surface area contributed by atoms with Crippen LogP contribution >= 0.6 is 15.9 Å². The maximum atomic E-state index is 13.9. The van der Waals surface area contributed by atoms with Gasteiger partial charge in [-0.3, -0.25) is 0 Å². The van der Waals surface area contributed by atoms with E-state index < -0.39 is 34.9 Å². The Labute approximate surface area is 121 Å². The van der Waals surface area contributed by atoms with Gasteiger partial charge >= 0.3 is 0 Å². The lowest BCUT2D eigenvalue weighted by atomic mass is 9.97. The van der Waals surface area contributed by atoms with Crippen LogP contribution in [0, 0.1) is 23.3 Å². The highest BCUT2D eigenvalue weighted by Crippen LogP contribution is 2.33. The van der Waals surface area contributed by atoms with Crippen molar-refractivity contribution in [1.29, 1.82) is 0 Å². The van der Waals surface area contributed by atoms with E-state index in [2.05, 4.69) is 21.2 Å². The molecule has 0 saturated carbocycles. The molecule has 1 nitrogen and oxygen atoms in total. The van der Waals surface area contributed by atoms with Gasteiger partial charge in [0, 0.05) is 27.7 Å². The van der Waals surface area contributed by atoms with E-state index in [-0.39, 0.29) is 5.56 Å². The Morgan fingerprint density at radius 1 is 0.950 bits per heavy atom. The lowest BCUT2D eigenvalue weighted by Gasteiger charge is -2.20. The summed E-state index contributed by atoms with van der Waals surface area (Å²) in [5.74, 6) is -3.79. The number of halogens is 5. The van der Waals surface area contributed by atoms with Crippen LogP contribution in [0.1, 0.15) is 17.2 Å². The average molecular weight is 348 g/mol. The van der Waals surface area contributed by atoms with Gasteiger partial charge in [-0.15, -0.1) is 0 Å². The van der Waals surface area contributed by atoms with Crippen molar-refractivity contribution in [2.24, 2.45) is 0 Å². The number of hydrogen-bond donors (Lipinski definition) is 1. The fourth-order valence-corrected chi connectivity index (χ4v) is 2.62. The highest BCUT2D eigenvalue weighted by Gasteiger charge is 2.25. The minimum atomic E-state index is -1.08. The molecule has 6 heteroatoms. The summed E-state index contributed by atoms with van der Waals surface area (Å²) in [6, 6.07) is 4.26. The molecular formula is C14H10BrF4N. The Morgan fingerprint density at radius 3 is 2.05 bits per heavy atom. The Kier molecular flexibility index (Phi) is 4.45. The first-order valence-corrected chi connectivity index (χ1v) is 6.50. The van der Waals surface area contributed by atoms with E-state index in [1.807, 2.05) is 0 Å². The lowest BCUT2D eigenvalue weighted by Crippen LogP contribution is -2.22. The second kappa shape index (κ2) is 5.93. The second-order valence-corrected chi connectivity index (χ2v) is 4.99. The Morgan fingerprint density at radius 2 is 1.55 bits per heavy atom. The van der Waals surface area contributed by atoms with E-state index in [0.717, 1.165) is 0 Å². The first-order valence-electron chi connectivity index (χ1n) is 5.71. The number of benzene rings is 2. The smallest absolute Gasteiger partial charge is 0.134 e. The van der Waals surface area contributed by atoms with E-state index in [4.69, 9.17) is 0 Å². The minimum absolute atomic E-state index is 0.0550. The molecule has 0 aliphatic rings. The van der Waals surface area contributed by atoms with Gasteiger partial charge in [-0.05, 0) is 19.2 Å². The quantitative estimate of drug-likeness (QED) is 0.815. The molecule has 0 saturated heterocycles. The lowest BCUT2D eigenvalue weighted by molar-refractivity contribution is 0.490. The first kappa shape index (κ1) is 15.0. The van der Waals surface area contributed by atoms with E-state index in [0.29, 0.717) is 16.6 Å². The largest absolute Gasteiger partial charge is 0.309 e. The molecule has 2 rings (SSSR count). The topological polar surface area (TPSA) is 12.0 Å². The second-order valence-electron chi connectivity index (χ2n) is 4.14. The molecule has 0 aliphatic heterocycles. The summed E-state index contributed by atoms with van der Waals surface area (Å²) < 4.78 is 54.9. The van der Waals surface area contributed by atoms with E-state index in [9.17, 15) is 17.6 Å². The summed E-state index contributed by atoms with van der Waals surface area (Å²) in [6.45, 7) is 0. The maximum absolute atomic E-state index is 13.9. The summed E-state index contributed by atoms with van der Waals surface area (Å²) >= 11 is 3.15. The number of hydrogen-bond acceptors (Lipinski definition) is 1. The molecule has 0 fully saturated rings. The zero-order valence-electron chi connectivity index (χ0n) is 10.4. The number of rotatable bonds is 3. The third-order valence-electron chi connectivity index (χ3n) is 2.91. The van der Waals surface area contributed by atoms with E-state index in [1.54, 1.807) is 6.07 Å². The standard InChI is InChI=1S/C14H10BrF4N/c1-20-14(12-8(15)3-2-4-9(12)17)13-10(18)5-7(16)6-11(13)19/h2-6,14,20H,1H3. The molecule has 0 spiro atoms. The summed E-state index contributed by atoms with van der Waals surface area (Å²) in [6.07, 6.45) is 0. The highest BCUT2D eigenvalue weighted by molar-refractivity contribution is 9.10. The van der Waals surface area contributed by atoms with Crippen LogP contribution in [0.15, 0.2) is 34.8 Å². The van der Waals surface area contributed by atoms with Crippen LogP contribution < -0.4 is 5.32 Å². The van der Waals surface area contributed by atoms with Gasteiger partial charge in [0.25, 0.3) is 0 Å². The van der Waals surface area contributed by atoms with Gasteiger partial charge in [-0.25, -0.2) is 17.6 Å². The molecule has 0 radical (unpaired) electrons. The zero-order valence-corrected chi connectivity index (χ0v) is 11.9. The van der Waals surface area contributed by atoms with E-state index in [1.165, 1.54) is 19.2 Å². The van der Waals surface area contributed by atoms with Crippen molar-refractivity contribution in [2.75, 3.05) is 7.05 Å². The van der Waals surface area contributed by atoms with Crippen LogP contribution in [0.4, 0.5) is 17.6 Å². The highest BCUT2D eigenvalue weighted by atomic mass is 79.9. The van der Waals surface area contributed by atoms with Gasteiger partial charge in [-0.1, -0.05) is 22.0 Å². The van der Waals surface area contributed by atoms with Crippen molar-refractivity contribution in [1.82, 2.24) is 5.32 Å². The Bertz CT molecular complexity index is 602. The van der Waals surface area contributed by atoms with Crippen LogP contribution in [0.25, 0.3) is 0 Å². The molecule has 2 aromatic carbocycles. The molecule has 106 valence electrons. The van der Waals surface area contributed by atoms with Crippen molar-refractivity contribution < 1.29 is 17.6 Å². The summed E-state index contributed by atoms with van der Waals surface area (Å²) in [5, 5.41) is 2.64. The molecule has 20 heavy (non-hydrogen) atoms. The SMILES string of the molecule is CNC(c1c(F)cc(F)cc1F)c1c(F)cccc1Br. The Hall–Kier alpha value is -1.40. The van der Waals surface area contributed by atoms with Crippen LogP contribution in [0.2, 0.25) is 0 Å². The third kappa shape index (κ3) is 2.71. The van der Waals surface area contributed by atoms with Gasteiger partial charge in [-0.2, -0.15) is 0 Å². The van der Waals surface area contributed by atoms with Crippen molar-refractivity contribution in [3.05, 3.63) is 69.2 Å². The number of nitrogens with one attached hydrogen (secondary N) is 1. The van der Waals surface area contributed by atoms with Gasteiger partial charge in [0.15, 0.2) is 0 Å². The van der Waals surface area contributed by atoms with Crippen molar-refractivity contribution in [3.8, 4) is 0 Å². The van der Waals surface area contributed by atoms with Crippen LogP contribution in [0.3, 0.4) is 0 Å². The normalized spacial score (nSPS) is 12.5. The molecule has 0 aromatic heterocycles. The molecule has 1 unspecified atom stereocenters. The van der Waals surface area contributed by atoms with Gasteiger partial charge in [0.1, 0.15) is 23.3 Å². The zero-order chi connectivity index (χ0) is 14.9. The maximum Gasteiger partial charge on any atom is 0.134 e. The third-order valence-corrected chi connectivity index (χ3v) is 3.60.